The van der Waals surface area contributed by atoms with Crippen molar-refractivity contribution in [2.45, 2.75) is 38.8 Å². The number of nitrogens with two attached hydrogens (primary N) is 1. The van der Waals surface area contributed by atoms with Crippen molar-refractivity contribution in [1.82, 2.24) is 4.90 Å². The first-order chi connectivity index (χ1) is 8.08. The molecule has 1 heterocycles. The van der Waals surface area contributed by atoms with Gasteiger partial charge in [0.15, 0.2) is 0 Å². The van der Waals surface area contributed by atoms with Crippen molar-refractivity contribution >= 4 is 0 Å². The Labute approximate surface area is 104 Å². The third-order valence-electron chi connectivity index (χ3n) is 4.45. The molecule has 1 aliphatic carbocycles. The molecule has 1 aromatic carbocycles. The Bertz CT molecular complexity index is 408. The molecule has 1 aromatic rings. The Morgan fingerprint density at radius 3 is 2.35 bits per heavy atom. The van der Waals surface area contributed by atoms with Gasteiger partial charge in [0.1, 0.15) is 0 Å². The van der Waals surface area contributed by atoms with E-state index in [1.807, 2.05) is 0 Å². The second kappa shape index (κ2) is 3.82. The molecular weight excluding hydrogens is 208 g/mol. The molecule has 0 aromatic heterocycles. The maximum Gasteiger partial charge on any atom is 0.0441 e. The fourth-order valence-electron chi connectivity index (χ4n) is 3.14. The molecule has 17 heavy (non-hydrogen) atoms. The monoisotopic (exact) mass is 230 g/mol. The van der Waals surface area contributed by atoms with E-state index in [0.717, 1.165) is 25.6 Å². The third kappa shape index (κ3) is 2.00. The van der Waals surface area contributed by atoms with E-state index in [2.05, 4.69) is 36.9 Å². The van der Waals surface area contributed by atoms with Gasteiger partial charge < -0.3 is 5.73 Å². The minimum absolute atomic E-state index is 0.149. The summed E-state index contributed by atoms with van der Waals surface area (Å²) in [6, 6.07) is 6.55. The molecule has 2 heteroatoms. The highest BCUT2D eigenvalue weighted by molar-refractivity contribution is 5.33. The summed E-state index contributed by atoms with van der Waals surface area (Å²) in [7, 11) is 0. The highest BCUT2D eigenvalue weighted by atomic mass is 15.3. The van der Waals surface area contributed by atoms with Gasteiger partial charge in [0.2, 0.25) is 0 Å². The second-order valence-electron chi connectivity index (χ2n) is 6.02. The first-order valence-electron chi connectivity index (χ1n) is 6.65. The molecule has 0 bridgehead atoms. The van der Waals surface area contributed by atoms with Gasteiger partial charge in [-0.15, -0.1) is 0 Å². The predicted molar refractivity (Wildman–Crippen MR) is 70.8 cm³/mol. The standard InChI is InChI=1S/C15H22N2/c1-11-4-3-5-12(2)14(11)8-17-9-15(16,10-17)13-6-7-13/h3-5,13H,6-10,16H2,1-2H3. The molecule has 1 saturated carbocycles. The van der Waals surface area contributed by atoms with E-state index in [0.29, 0.717) is 0 Å². The summed E-state index contributed by atoms with van der Waals surface area (Å²) in [5, 5.41) is 0. The summed E-state index contributed by atoms with van der Waals surface area (Å²) in [5.74, 6) is 0.816. The third-order valence-corrected chi connectivity index (χ3v) is 4.45. The van der Waals surface area contributed by atoms with Crippen molar-refractivity contribution in [3.63, 3.8) is 0 Å². The summed E-state index contributed by atoms with van der Waals surface area (Å²) in [6.07, 6.45) is 2.71. The van der Waals surface area contributed by atoms with Crippen LogP contribution in [0.5, 0.6) is 0 Å². The Morgan fingerprint density at radius 2 is 1.82 bits per heavy atom. The van der Waals surface area contributed by atoms with Gasteiger partial charge in [0.05, 0.1) is 0 Å². The number of hydrogen-bond acceptors (Lipinski definition) is 2. The SMILES string of the molecule is Cc1cccc(C)c1CN1CC(N)(C2CC2)C1. The van der Waals surface area contributed by atoms with Gasteiger partial charge in [0.25, 0.3) is 0 Å². The zero-order valence-corrected chi connectivity index (χ0v) is 10.9. The van der Waals surface area contributed by atoms with E-state index < -0.39 is 0 Å². The predicted octanol–water partition coefficient (Wildman–Crippen LogP) is 2.23. The lowest BCUT2D eigenvalue weighted by atomic mass is 9.85. The molecule has 2 N–H and O–H groups in total. The Kier molecular flexibility index (Phi) is 2.53. The van der Waals surface area contributed by atoms with Crippen LogP contribution in [0.15, 0.2) is 18.2 Å². The van der Waals surface area contributed by atoms with Crippen LogP contribution in [0, 0.1) is 19.8 Å². The molecule has 2 nitrogen and oxygen atoms in total. The van der Waals surface area contributed by atoms with Crippen LogP contribution in [0.3, 0.4) is 0 Å². The molecule has 3 rings (SSSR count). The molecule has 0 spiro atoms. The van der Waals surface area contributed by atoms with Gasteiger partial charge in [-0.2, -0.15) is 0 Å². The maximum absolute atomic E-state index is 6.39. The fourth-order valence-corrected chi connectivity index (χ4v) is 3.14. The number of aryl methyl sites for hydroxylation is 2. The zero-order chi connectivity index (χ0) is 12.0. The van der Waals surface area contributed by atoms with Gasteiger partial charge in [0, 0.05) is 25.2 Å². The largest absolute Gasteiger partial charge is 0.323 e. The molecule has 2 aliphatic rings. The van der Waals surface area contributed by atoms with E-state index in [4.69, 9.17) is 5.73 Å². The van der Waals surface area contributed by atoms with Crippen LogP contribution in [0.4, 0.5) is 0 Å². The second-order valence-corrected chi connectivity index (χ2v) is 6.02. The molecule has 0 amide bonds. The van der Waals surface area contributed by atoms with Gasteiger partial charge in [-0.25, -0.2) is 0 Å². The first kappa shape index (κ1) is 11.2. The van der Waals surface area contributed by atoms with Crippen LogP contribution < -0.4 is 5.73 Å². The van der Waals surface area contributed by atoms with E-state index in [9.17, 15) is 0 Å². The number of rotatable bonds is 3. The lowest BCUT2D eigenvalue weighted by Gasteiger charge is -2.48. The van der Waals surface area contributed by atoms with E-state index in [-0.39, 0.29) is 5.54 Å². The Hall–Kier alpha value is -0.860. The minimum Gasteiger partial charge on any atom is -0.323 e. The molecule has 0 atom stereocenters. The van der Waals surface area contributed by atoms with Gasteiger partial charge in [-0.1, -0.05) is 18.2 Å². The minimum atomic E-state index is 0.149. The molecule has 1 aliphatic heterocycles. The van der Waals surface area contributed by atoms with E-state index >= 15 is 0 Å². The van der Waals surface area contributed by atoms with Gasteiger partial charge >= 0.3 is 0 Å². The van der Waals surface area contributed by atoms with Crippen molar-refractivity contribution in [1.29, 1.82) is 0 Å². The Balaban J connectivity index is 1.65. The highest BCUT2D eigenvalue weighted by Gasteiger charge is 2.49. The average Bonchev–Trinajstić information content (AvgIpc) is 3.04. The molecule has 0 radical (unpaired) electrons. The lowest BCUT2D eigenvalue weighted by molar-refractivity contribution is 0.0475. The molecular formula is C15H22N2. The van der Waals surface area contributed by atoms with Crippen molar-refractivity contribution < 1.29 is 0 Å². The topological polar surface area (TPSA) is 29.3 Å². The van der Waals surface area contributed by atoms with E-state index in [1.165, 1.54) is 29.5 Å². The van der Waals surface area contributed by atoms with Gasteiger partial charge in [-0.05, 0) is 49.3 Å². The summed E-state index contributed by atoms with van der Waals surface area (Å²) in [5.41, 5.74) is 10.8. The Morgan fingerprint density at radius 1 is 1.24 bits per heavy atom. The summed E-state index contributed by atoms with van der Waals surface area (Å²) in [4.78, 5) is 2.49. The first-order valence-corrected chi connectivity index (χ1v) is 6.65. The quantitative estimate of drug-likeness (QED) is 0.862. The summed E-state index contributed by atoms with van der Waals surface area (Å²) >= 11 is 0. The molecule has 92 valence electrons. The number of benzene rings is 1. The number of nitrogens with zero attached hydrogens (tertiary/aromatic N) is 1. The van der Waals surface area contributed by atoms with Crippen LogP contribution in [0.2, 0.25) is 0 Å². The lowest BCUT2D eigenvalue weighted by Crippen LogP contribution is -2.68. The van der Waals surface area contributed by atoms with Crippen molar-refractivity contribution in [3.8, 4) is 0 Å². The maximum atomic E-state index is 6.39. The molecule has 2 fully saturated rings. The highest BCUT2D eigenvalue weighted by Crippen LogP contribution is 2.43. The zero-order valence-electron chi connectivity index (χ0n) is 10.9. The van der Waals surface area contributed by atoms with Crippen molar-refractivity contribution in [3.05, 3.63) is 34.9 Å². The van der Waals surface area contributed by atoms with Gasteiger partial charge in [-0.3, -0.25) is 4.90 Å². The van der Waals surface area contributed by atoms with Crippen LogP contribution >= 0.6 is 0 Å². The van der Waals surface area contributed by atoms with Crippen LogP contribution in [-0.4, -0.2) is 23.5 Å². The van der Waals surface area contributed by atoms with Crippen molar-refractivity contribution in [2.75, 3.05) is 13.1 Å². The average molecular weight is 230 g/mol. The smallest absolute Gasteiger partial charge is 0.0441 e. The number of hydrogen-bond donors (Lipinski definition) is 1. The van der Waals surface area contributed by atoms with Crippen molar-refractivity contribution in [2.24, 2.45) is 11.7 Å². The number of likely N-dealkylation sites (tertiary alicyclic amines) is 1. The van der Waals surface area contributed by atoms with Crippen LogP contribution in [0.1, 0.15) is 29.5 Å². The summed E-state index contributed by atoms with van der Waals surface area (Å²) < 4.78 is 0. The van der Waals surface area contributed by atoms with Crippen LogP contribution in [-0.2, 0) is 6.54 Å². The molecule has 0 unspecified atom stereocenters. The summed E-state index contributed by atoms with van der Waals surface area (Å²) in [6.45, 7) is 7.67. The molecule has 1 saturated heterocycles. The van der Waals surface area contributed by atoms with Crippen LogP contribution in [0.25, 0.3) is 0 Å². The van der Waals surface area contributed by atoms with E-state index in [1.54, 1.807) is 0 Å². The normalized spacial score (nSPS) is 23.5. The fraction of sp³-hybridized carbons (Fsp3) is 0.600.